The minimum absolute atomic E-state index is 0.0623. The highest BCUT2D eigenvalue weighted by molar-refractivity contribution is 6.90. The summed E-state index contributed by atoms with van der Waals surface area (Å²) in [5, 5.41) is 0.468. The van der Waals surface area contributed by atoms with E-state index in [4.69, 9.17) is 19.7 Å². The van der Waals surface area contributed by atoms with Crippen molar-refractivity contribution in [1.82, 2.24) is 19.9 Å². The van der Waals surface area contributed by atoms with Crippen molar-refractivity contribution in [3.8, 4) is 28.7 Å². The summed E-state index contributed by atoms with van der Waals surface area (Å²) < 4.78 is 107. The lowest BCUT2D eigenvalue weighted by molar-refractivity contribution is 0.107. The van der Waals surface area contributed by atoms with Crippen LogP contribution < -0.4 is 9.64 Å². The highest BCUT2D eigenvalue weighted by Gasteiger charge is 2.56. The Kier molecular flexibility index (Phi) is 12.0. The van der Waals surface area contributed by atoms with Crippen LogP contribution in [0.2, 0.25) is 16.6 Å². The molecule has 0 spiro atoms. The number of hydrogen-bond donors (Lipinski definition) is 0. The summed E-state index contributed by atoms with van der Waals surface area (Å²) in [7, 11) is -2.55. The number of aromatic nitrogens is 3. The molecule has 3 saturated heterocycles. The molecule has 10 rings (SSSR count). The second kappa shape index (κ2) is 18.6. The van der Waals surface area contributed by atoms with E-state index in [9.17, 15) is 2.74 Å². The third-order valence-electron chi connectivity index (χ3n) is 15.4. The van der Waals surface area contributed by atoms with Crippen LogP contribution in [0.15, 0.2) is 90.1 Å². The Bertz CT molecular complexity index is 3050. The lowest BCUT2D eigenvalue weighted by Crippen LogP contribution is -2.43. The van der Waals surface area contributed by atoms with Crippen molar-refractivity contribution >= 4 is 47.0 Å². The van der Waals surface area contributed by atoms with Crippen LogP contribution in [0.5, 0.6) is 6.01 Å². The number of hydrogen-bond acceptors (Lipinski definition) is 7. The number of fused-ring (bicyclic) bond motifs is 4. The Morgan fingerprint density at radius 1 is 0.884 bits per heavy atom. The van der Waals surface area contributed by atoms with Gasteiger partial charge in [0, 0.05) is 53.7 Å². The molecule has 4 fully saturated rings. The van der Waals surface area contributed by atoms with Gasteiger partial charge in [-0.15, -0.1) is 5.54 Å². The normalized spacial score (nSPS) is 23.1. The van der Waals surface area contributed by atoms with Crippen LogP contribution in [-0.4, -0.2) is 83.8 Å². The lowest BCUT2D eigenvalue weighted by atomic mass is 9.94. The van der Waals surface area contributed by atoms with E-state index in [-0.39, 0.29) is 79.8 Å². The van der Waals surface area contributed by atoms with Crippen molar-refractivity contribution < 1.29 is 29.4 Å². The summed E-state index contributed by atoms with van der Waals surface area (Å²) in [6.07, 6.45) is 2.04. The fourth-order valence-electron chi connectivity index (χ4n) is 12.0. The van der Waals surface area contributed by atoms with Gasteiger partial charge in [0.25, 0.3) is 0 Å². The zero-order valence-electron chi connectivity index (χ0n) is 42.0. The zero-order chi connectivity index (χ0) is 50.1. The van der Waals surface area contributed by atoms with Crippen LogP contribution in [0.4, 0.5) is 33.5 Å². The Balaban J connectivity index is 1.24. The average Bonchev–Trinajstić information content (AvgIpc) is 3.70. The maximum absolute atomic E-state index is 18.3. The van der Waals surface area contributed by atoms with E-state index in [1.54, 1.807) is 21.9 Å². The van der Waals surface area contributed by atoms with Crippen molar-refractivity contribution in [2.75, 3.05) is 31.1 Å². The molecular weight excluding hydrogens is 896 g/mol. The molecule has 4 aliphatic rings. The molecule has 5 atom stereocenters. The standard InChI is InChI=1S/C56H59F5N6OSi/c1-33(2)69(34(3)4,35(5)6)25-21-41-46-38(27-45(58)47(41)59)26-40(63-50(36-16-9-7-10-17-36)37-18-11-8-12-19-37)28-43(46)51-49(61)52-44(30-62-51)54(67-24-14-13-20-42-48(60)53(42)67)65-55(64-52)68-32-56-22-15-23-66(56)31-39(57)29-56/h7-12,16-19,26-28,30,33-35,39,42,48,53H,13-15,20,22-24,29,31-32H2,1-6H3/t39-,42-,48-,53-,56+/m1/s1/i32D2. The Hall–Kier alpha value is -5.71. The van der Waals surface area contributed by atoms with Gasteiger partial charge in [0.05, 0.1) is 36.7 Å². The van der Waals surface area contributed by atoms with E-state index in [1.807, 2.05) is 60.7 Å². The molecule has 0 N–H and O–H groups in total. The van der Waals surface area contributed by atoms with Gasteiger partial charge in [0.15, 0.2) is 17.5 Å². The molecule has 6 aromatic rings. The quantitative estimate of drug-likeness (QED) is 0.0558. The second-order valence-corrected chi connectivity index (χ2v) is 25.9. The highest BCUT2D eigenvalue weighted by Crippen LogP contribution is 2.49. The summed E-state index contributed by atoms with van der Waals surface area (Å²) in [4.78, 5) is 22.8. The van der Waals surface area contributed by atoms with Crippen LogP contribution in [0.25, 0.3) is 32.9 Å². The van der Waals surface area contributed by atoms with Crippen LogP contribution >= 0.6 is 0 Å². The number of ether oxygens (including phenoxy) is 1. The zero-order valence-corrected chi connectivity index (χ0v) is 41.0. The van der Waals surface area contributed by atoms with E-state index < -0.39 is 62.0 Å². The van der Waals surface area contributed by atoms with E-state index in [0.29, 0.717) is 50.2 Å². The van der Waals surface area contributed by atoms with Crippen LogP contribution in [-0.2, 0) is 0 Å². The van der Waals surface area contributed by atoms with E-state index in [0.717, 1.165) is 23.6 Å². The van der Waals surface area contributed by atoms with Gasteiger partial charge in [-0.25, -0.2) is 26.9 Å². The molecule has 7 nitrogen and oxygen atoms in total. The van der Waals surface area contributed by atoms with Gasteiger partial charge < -0.3 is 9.64 Å². The molecule has 358 valence electrons. The first-order chi connectivity index (χ1) is 34.0. The fourth-order valence-corrected chi connectivity index (χ4v) is 17.2. The van der Waals surface area contributed by atoms with Gasteiger partial charge in [-0.3, -0.25) is 9.88 Å². The number of pyridine rings is 1. The average molecular weight is 957 g/mol. The van der Waals surface area contributed by atoms with Crippen LogP contribution in [0, 0.1) is 34.8 Å². The first-order valence-corrected chi connectivity index (χ1v) is 26.7. The smallest absolute Gasteiger partial charge is 0.319 e. The second-order valence-electron chi connectivity index (χ2n) is 20.4. The Morgan fingerprint density at radius 3 is 2.26 bits per heavy atom. The van der Waals surface area contributed by atoms with Gasteiger partial charge in [-0.05, 0) is 72.4 Å². The summed E-state index contributed by atoms with van der Waals surface area (Å²) in [6, 6.07) is 22.3. The molecule has 13 heteroatoms. The van der Waals surface area contributed by atoms with Crippen LogP contribution in [0.1, 0.15) is 99.5 Å². The molecule has 69 heavy (non-hydrogen) atoms. The van der Waals surface area contributed by atoms with Crippen LogP contribution in [0.3, 0.4) is 0 Å². The predicted octanol–water partition coefficient (Wildman–Crippen LogP) is 13.3. The van der Waals surface area contributed by atoms with E-state index in [1.165, 1.54) is 6.20 Å². The maximum Gasteiger partial charge on any atom is 0.319 e. The van der Waals surface area contributed by atoms with Crippen molar-refractivity contribution in [2.24, 2.45) is 10.9 Å². The monoisotopic (exact) mass is 956 g/mol. The van der Waals surface area contributed by atoms with Crippen molar-refractivity contribution in [1.29, 1.82) is 0 Å². The fraction of sp³-hybridized carbons (Fsp3) is 0.429. The third kappa shape index (κ3) is 8.39. The highest BCUT2D eigenvalue weighted by atomic mass is 28.3. The number of anilines is 1. The lowest BCUT2D eigenvalue weighted by Gasteiger charge is -2.38. The largest absolute Gasteiger partial charge is 0.461 e. The topological polar surface area (TPSA) is 66.7 Å². The predicted molar refractivity (Wildman–Crippen MR) is 268 cm³/mol. The molecule has 0 bridgehead atoms. The maximum atomic E-state index is 18.3. The number of alkyl halides is 2. The van der Waals surface area contributed by atoms with E-state index >= 15 is 22.0 Å². The number of benzene rings is 4. The summed E-state index contributed by atoms with van der Waals surface area (Å²) >= 11 is 0. The number of nitrogens with zero attached hydrogens (tertiary/aromatic N) is 6. The van der Waals surface area contributed by atoms with E-state index in [2.05, 4.69) is 58.0 Å². The first-order valence-electron chi connectivity index (χ1n) is 25.5. The van der Waals surface area contributed by atoms with Crippen molar-refractivity contribution in [3.05, 3.63) is 119 Å². The molecular formula is C56H59F5N6OSi. The Morgan fingerprint density at radius 2 is 1.58 bits per heavy atom. The van der Waals surface area contributed by atoms with Gasteiger partial charge in [-0.2, -0.15) is 9.97 Å². The minimum atomic E-state index is -2.55. The summed E-state index contributed by atoms with van der Waals surface area (Å²) in [5.41, 5.74) is 4.41. The molecule has 1 saturated carbocycles. The van der Waals surface area contributed by atoms with Gasteiger partial charge >= 0.3 is 6.01 Å². The molecule has 0 amide bonds. The molecule has 5 heterocycles. The summed E-state index contributed by atoms with van der Waals surface area (Å²) in [5.74, 6) is -0.237. The van der Waals surface area contributed by atoms with Gasteiger partial charge in [-0.1, -0.05) is 115 Å². The minimum Gasteiger partial charge on any atom is -0.461 e. The summed E-state index contributed by atoms with van der Waals surface area (Å²) in [6.45, 7) is 11.2. The number of rotatable bonds is 11. The molecule has 4 aromatic carbocycles. The SMILES string of the molecule is [2H]C([2H])(Oc1nc(N2CCCC[C@@H]3[C@@H](F)[C@@H]32)c2cnc(-c3cc(N=C(c4ccccc4)c4ccccc4)cc4cc(F)c(F)c(C#C[Si](C(C)C)(C(C)C)C(C)C)c34)c(F)c2n1)[C@@]12CCCN1C[C@H](F)C2. The molecule has 3 aliphatic heterocycles. The third-order valence-corrected chi connectivity index (χ3v) is 21.7. The van der Waals surface area contributed by atoms with Crippen molar-refractivity contribution in [3.63, 3.8) is 0 Å². The molecule has 1 aliphatic carbocycles. The first kappa shape index (κ1) is 44.5. The van der Waals surface area contributed by atoms with Gasteiger partial charge in [0.2, 0.25) is 0 Å². The molecule has 2 aromatic heterocycles. The van der Waals surface area contributed by atoms with Crippen molar-refractivity contribution in [2.45, 2.75) is 121 Å². The number of aliphatic imine (C=N–C) groups is 1. The van der Waals surface area contributed by atoms with Gasteiger partial charge in [0.1, 0.15) is 44.0 Å². The Labute approximate surface area is 405 Å². The molecule has 0 radical (unpaired) electrons. The number of halogens is 5. The molecule has 0 unspecified atom stereocenters.